The molecule has 1 amide bonds. The molecule has 0 fully saturated rings. The Morgan fingerprint density at radius 3 is 3.06 bits per heavy atom. The van der Waals surface area contributed by atoms with E-state index in [0.29, 0.717) is 0 Å². The molecule has 17 heavy (non-hydrogen) atoms. The first-order valence-electron chi connectivity index (χ1n) is 5.69. The fourth-order valence-corrected chi connectivity index (χ4v) is 3.12. The second kappa shape index (κ2) is 4.87. The predicted octanol–water partition coefficient (Wildman–Crippen LogP) is 1.76. The number of aliphatic carboxylic acids is 1. The summed E-state index contributed by atoms with van der Waals surface area (Å²) in [5, 5.41) is 13.3. The van der Waals surface area contributed by atoms with Gasteiger partial charge in [-0.2, -0.15) is 0 Å². The third-order valence-electron chi connectivity index (χ3n) is 3.10. The average Bonchev–Trinajstić information content (AvgIpc) is 2.76. The summed E-state index contributed by atoms with van der Waals surface area (Å²) in [6.07, 6.45) is 2.83. The zero-order chi connectivity index (χ0) is 12.4. The van der Waals surface area contributed by atoms with Crippen molar-refractivity contribution in [1.29, 1.82) is 0 Å². The van der Waals surface area contributed by atoms with E-state index in [0.717, 1.165) is 24.8 Å². The van der Waals surface area contributed by atoms with Crippen molar-refractivity contribution < 1.29 is 14.7 Å². The van der Waals surface area contributed by atoms with Gasteiger partial charge in [-0.15, -0.1) is 11.3 Å². The van der Waals surface area contributed by atoms with Gasteiger partial charge in [0.1, 0.15) is 6.04 Å². The molecule has 5 heteroatoms. The van der Waals surface area contributed by atoms with Gasteiger partial charge in [0.2, 0.25) is 5.91 Å². The zero-order valence-corrected chi connectivity index (χ0v) is 10.4. The standard InChI is InChI=1S/C12H15NO3S/c1-7(12(15)16)13-11(14)9-3-2-4-10-8(9)5-6-17-10/h5-7,9H,2-4H2,1H3,(H,13,14)(H,15,16)/t7-,9?/m1/s1. The van der Waals surface area contributed by atoms with Crippen molar-refractivity contribution in [3.8, 4) is 0 Å². The third-order valence-corrected chi connectivity index (χ3v) is 4.09. The maximum Gasteiger partial charge on any atom is 0.325 e. The van der Waals surface area contributed by atoms with Crippen molar-refractivity contribution in [1.82, 2.24) is 5.32 Å². The smallest absolute Gasteiger partial charge is 0.325 e. The maximum absolute atomic E-state index is 12.0. The number of carboxylic acid groups (broad SMARTS) is 1. The Balaban J connectivity index is 2.09. The topological polar surface area (TPSA) is 66.4 Å². The highest BCUT2D eigenvalue weighted by Gasteiger charge is 2.28. The van der Waals surface area contributed by atoms with E-state index in [4.69, 9.17) is 5.11 Å². The number of nitrogens with one attached hydrogen (secondary N) is 1. The van der Waals surface area contributed by atoms with Crippen LogP contribution in [-0.2, 0) is 16.0 Å². The molecule has 1 unspecified atom stereocenters. The molecule has 2 rings (SSSR count). The van der Waals surface area contributed by atoms with Gasteiger partial charge in [-0.05, 0) is 43.2 Å². The lowest BCUT2D eigenvalue weighted by Gasteiger charge is -2.22. The van der Waals surface area contributed by atoms with Gasteiger partial charge in [-0.1, -0.05) is 0 Å². The third kappa shape index (κ3) is 2.49. The van der Waals surface area contributed by atoms with Crippen molar-refractivity contribution in [3.05, 3.63) is 21.9 Å². The van der Waals surface area contributed by atoms with Crippen LogP contribution < -0.4 is 5.32 Å². The van der Waals surface area contributed by atoms with Crippen LogP contribution in [0.25, 0.3) is 0 Å². The van der Waals surface area contributed by atoms with Crippen molar-refractivity contribution in [2.75, 3.05) is 0 Å². The highest BCUT2D eigenvalue weighted by Crippen LogP contribution is 2.34. The summed E-state index contributed by atoms with van der Waals surface area (Å²) in [5.74, 6) is -1.34. The summed E-state index contributed by atoms with van der Waals surface area (Å²) < 4.78 is 0. The van der Waals surface area contributed by atoms with Gasteiger partial charge in [0, 0.05) is 4.88 Å². The van der Waals surface area contributed by atoms with Crippen molar-refractivity contribution in [2.45, 2.75) is 38.1 Å². The molecule has 1 heterocycles. The first-order valence-corrected chi connectivity index (χ1v) is 6.57. The molecule has 1 aromatic heterocycles. The minimum Gasteiger partial charge on any atom is -0.480 e. The number of rotatable bonds is 3. The van der Waals surface area contributed by atoms with Crippen LogP contribution in [0, 0.1) is 0 Å². The molecular weight excluding hydrogens is 238 g/mol. The molecule has 4 nitrogen and oxygen atoms in total. The number of aryl methyl sites for hydroxylation is 1. The van der Waals surface area contributed by atoms with E-state index in [-0.39, 0.29) is 11.8 Å². The molecular formula is C12H15NO3S. The van der Waals surface area contributed by atoms with Crippen LogP contribution in [-0.4, -0.2) is 23.0 Å². The van der Waals surface area contributed by atoms with Gasteiger partial charge in [0.15, 0.2) is 0 Å². The zero-order valence-electron chi connectivity index (χ0n) is 9.60. The Kier molecular flexibility index (Phi) is 3.47. The van der Waals surface area contributed by atoms with E-state index in [1.54, 1.807) is 11.3 Å². The number of hydrogen-bond donors (Lipinski definition) is 2. The van der Waals surface area contributed by atoms with E-state index < -0.39 is 12.0 Å². The minimum absolute atomic E-state index is 0.167. The number of amides is 1. The number of carbonyl (C=O) groups is 2. The molecule has 0 saturated heterocycles. The first kappa shape index (κ1) is 12.1. The summed E-state index contributed by atoms with van der Waals surface area (Å²) in [6, 6.07) is 1.15. The lowest BCUT2D eigenvalue weighted by Crippen LogP contribution is -2.41. The lowest BCUT2D eigenvalue weighted by atomic mass is 9.87. The Bertz CT molecular complexity index is 441. The largest absolute Gasteiger partial charge is 0.480 e. The molecule has 0 aliphatic heterocycles. The van der Waals surface area contributed by atoms with E-state index in [9.17, 15) is 9.59 Å². The van der Waals surface area contributed by atoms with E-state index >= 15 is 0 Å². The number of carboxylic acids is 1. The Morgan fingerprint density at radius 2 is 2.35 bits per heavy atom. The summed E-state index contributed by atoms with van der Waals surface area (Å²) >= 11 is 1.68. The van der Waals surface area contributed by atoms with Crippen LogP contribution in [0.5, 0.6) is 0 Å². The van der Waals surface area contributed by atoms with Gasteiger partial charge >= 0.3 is 5.97 Å². The fourth-order valence-electron chi connectivity index (χ4n) is 2.13. The molecule has 0 spiro atoms. The molecule has 1 aliphatic carbocycles. The van der Waals surface area contributed by atoms with Gasteiger partial charge in [-0.25, -0.2) is 0 Å². The first-order chi connectivity index (χ1) is 8.09. The Hall–Kier alpha value is -1.36. The van der Waals surface area contributed by atoms with Crippen LogP contribution >= 0.6 is 11.3 Å². The molecule has 2 N–H and O–H groups in total. The number of fused-ring (bicyclic) bond motifs is 1. The monoisotopic (exact) mass is 253 g/mol. The lowest BCUT2D eigenvalue weighted by molar-refractivity contribution is -0.141. The SMILES string of the molecule is C[C@@H](NC(=O)C1CCCc2sccc21)C(=O)O. The molecule has 2 atom stereocenters. The second-order valence-corrected chi connectivity index (χ2v) is 5.31. The second-order valence-electron chi connectivity index (χ2n) is 4.31. The van der Waals surface area contributed by atoms with Crippen LogP contribution in [0.3, 0.4) is 0 Å². The number of carbonyl (C=O) groups excluding carboxylic acids is 1. The molecule has 92 valence electrons. The van der Waals surface area contributed by atoms with Crippen LogP contribution in [0.2, 0.25) is 0 Å². The van der Waals surface area contributed by atoms with E-state index in [1.807, 2.05) is 11.4 Å². The number of hydrogen-bond acceptors (Lipinski definition) is 3. The average molecular weight is 253 g/mol. The Morgan fingerprint density at radius 1 is 1.59 bits per heavy atom. The molecule has 1 aliphatic rings. The Labute approximate surface area is 104 Å². The molecule has 0 saturated carbocycles. The summed E-state index contributed by atoms with van der Waals surface area (Å²) in [5.41, 5.74) is 1.08. The van der Waals surface area contributed by atoms with Crippen molar-refractivity contribution in [2.24, 2.45) is 0 Å². The van der Waals surface area contributed by atoms with Crippen LogP contribution in [0.4, 0.5) is 0 Å². The quantitative estimate of drug-likeness (QED) is 0.862. The van der Waals surface area contributed by atoms with Crippen LogP contribution in [0.15, 0.2) is 11.4 Å². The normalized spacial score (nSPS) is 20.4. The molecule has 1 aromatic rings. The van der Waals surface area contributed by atoms with E-state index in [2.05, 4.69) is 5.32 Å². The maximum atomic E-state index is 12.0. The van der Waals surface area contributed by atoms with Gasteiger partial charge < -0.3 is 10.4 Å². The molecule has 0 aromatic carbocycles. The van der Waals surface area contributed by atoms with Gasteiger partial charge in [-0.3, -0.25) is 9.59 Å². The highest BCUT2D eigenvalue weighted by atomic mass is 32.1. The molecule has 0 bridgehead atoms. The summed E-state index contributed by atoms with van der Waals surface area (Å²) in [4.78, 5) is 24.0. The van der Waals surface area contributed by atoms with Gasteiger partial charge in [0.05, 0.1) is 5.92 Å². The van der Waals surface area contributed by atoms with E-state index in [1.165, 1.54) is 11.8 Å². The summed E-state index contributed by atoms with van der Waals surface area (Å²) in [7, 11) is 0. The molecule has 0 radical (unpaired) electrons. The number of thiophene rings is 1. The fraction of sp³-hybridized carbons (Fsp3) is 0.500. The highest BCUT2D eigenvalue weighted by molar-refractivity contribution is 7.10. The minimum atomic E-state index is -1.00. The van der Waals surface area contributed by atoms with Crippen molar-refractivity contribution >= 4 is 23.2 Å². The van der Waals surface area contributed by atoms with Crippen LogP contribution in [0.1, 0.15) is 36.1 Å². The van der Waals surface area contributed by atoms with Crippen molar-refractivity contribution in [3.63, 3.8) is 0 Å². The van der Waals surface area contributed by atoms with Gasteiger partial charge in [0.25, 0.3) is 0 Å². The predicted molar refractivity (Wildman–Crippen MR) is 65.2 cm³/mol. The summed E-state index contributed by atoms with van der Waals surface area (Å²) in [6.45, 7) is 1.48.